The van der Waals surface area contributed by atoms with Crippen molar-refractivity contribution >= 4 is 51.8 Å². The number of aromatic nitrogens is 1. The number of fused-ring (bicyclic) bond motifs is 1. The summed E-state index contributed by atoms with van der Waals surface area (Å²) in [7, 11) is 3.40. The van der Waals surface area contributed by atoms with Crippen molar-refractivity contribution in [3.05, 3.63) is 71.0 Å². The van der Waals surface area contributed by atoms with Crippen LogP contribution in [0.1, 0.15) is 16.7 Å². The number of amides is 2. The number of aryl methyl sites for hydroxylation is 2. The third kappa shape index (κ3) is 4.47. The number of carbonyl (C=O) groups excluding carboxylic acids is 2. The molecule has 0 aliphatic carbocycles. The summed E-state index contributed by atoms with van der Waals surface area (Å²) in [4.78, 5) is 29.1. The third-order valence-corrected chi connectivity index (χ3v) is 6.52. The summed E-state index contributed by atoms with van der Waals surface area (Å²) in [5.41, 5.74) is 5.25. The van der Waals surface area contributed by atoms with Crippen LogP contribution < -0.4 is 10.2 Å². The van der Waals surface area contributed by atoms with Gasteiger partial charge < -0.3 is 19.5 Å². The van der Waals surface area contributed by atoms with Gasteiger partial charge in [-0.3, -0.25) is 14.5 Å². The Labute approximate surface area is 204 Å². The number of para-hydroxylation sites is 1. The van der Waals surface area contributed by atoms with Crippen LogP contribution in [0.15, 0.2) is 54.4 Å². The quantitative estimate of drug-likeness (QED) is 0.321. The fraction of sp³-hybridized carbons (Fsp3) is 0.269. The van der Waals surface area contributed by atoms with E-state index >= 15 is 0 Å². The molecule has 8 heteroatoms. The van der Waals surface area contributed by atoms with E-state index in [2.05, 4.69) is 5.32 Å². The van der Waals surface area contributed by atoms with Crippen molar-refractivity contribution in [2.24, 2.45) is 0 Å². The molecule has 0 saturated carbocycles. The van der Waals surface area contributed by atoms with Gasteiger partial charge in [-0.1, -0.05) is 24.3 Å². The van der Waals surface area contributed by atoms with Crippen LogP contribution >= 0.6 is 12.2 Å². The third-order valence-electron chi connectivity index (χ3n) is 6.06. The molecule has 1 saturated heterocycles. The predicted molar refractivity (Wildman–Crippen MR) is 139 cm³/mol. The number of nitrogens with zero attached hydrogens (tertiary/aromatic N) is 3. The molecule has 0 radical (unpaired) electrons. The first kappa shape index (κ1) is 23.7. The van der Waals surface area contributed by atoms with Gasteiger partial charge >= 0.3 is 0 Å². The molecule has 1 aliphatic heterocycles. The van der Waals surface area contributed by atoms with Crippen molar-refractivity contribution in [2.45, 2.75) is 20.4 Å². The molecule has 0 spiro atoms. The smallest absolute Gasteiger partial charge is 0.281 e. The van der Waals surface area contributed by atoms with Crippen molar-refractivity contribution in [1.82, 2.24) is 14.8 Å². The van der Waals surface area contributed by atoms with Crippen LogP contribution in [-0.2, 0) is 20.9 Å². The topological polar surface area (TPSA) is 66.8 Å². The van der Waals surface area contributed by atoms with Crippen molar-refractivity contribution in [1.29, 1.82) is 0 Å². The normalized spacial score (nSPS) is 15.1. The highest BCUT2D eigenvalue weighted by Gasteiger charge is 2.37. The Kier molecular flexibility index (Phi) is 6.81. The Balaban J connectivity index is 1.68. The first-order chi connectivity index (χ1) is 16.3. The summed E-state index contributed by atoms with van der Waals surface area (Å²) in [5, 5.41) is 4.23. The highest BCUT2D eigenvalue weighted by Crippen LogP contribution is 2.31. The second-order valence-electron chi connectivity index (χ2n) is 8.35. The lowest BCUT2D eigenvalue weighted by atomic mass is 10.1. The minimum absolute atomic E-state index is 0.104. The molecule has 0 bridgehead atoms. The summed E-state index contributed by atoms with van der Waals surface area (Å²) in [5.74, 6) is -0.280. The van der Waals surface area contributed by atoms with Crippen LogP contribution in [0.25, 0.3) is 17.0 Å². The minimum Gasteiger partial charge on any atom is -0.383 e. The van der Waals surface area contributed by atoms with E-state index in [9.17, 15) is 9.59 Å². The van der Waals surface area contributed by atoms with Gasteiger partial charge in [-0.15, -0.1) is 0 Å². The fourth-order valence-corrected chi connectivity index (χ4v) is 4.31. The SMILES string of the molecule is COCCNC(=O)Cn1cc(/C=C2/C(=O)N(c3ccc(C)c(C)c3)C(=S)N2C)c2ccccc21. The van der Waals surface area contributed by atoms with Crippen LogP contribution in [0.3, 0.4) is 0 Å². The van der Waals surface area contributed by atoms with E-state index in [0.717, 1.165) is 33.3 Å². The van der Waals surface area contributed by atoms with Crippen molar-refractivity contribution in [3.63, 3.8) is 0 Å². The maximum absolute atomic E-state index is 13.4. The zero-order valence-corrected chi connectivity index (χ0v) is 20.6. The molecule has 176 valence electrons. The largest absolute Gasteiger partial charge is 0.383 e. The molecule has 7 nitrogen and oxygen atoms in total. The number of thiocarbonyl (C=S) groups is 1. The van der Waals surface area contributed by atoms with E-state index in [4.69, 9.17) is 17.0 Å². The number of ether oxygens (including phenoxy) is 1. The lowest BCUT2D eigenvalue weighted by Gasteiger charge is -2.17. The minimum atomic E-state index is -0.176. The van der Waals surface area contributed by atoms with Gasteiger partial charge in [-0.25, -0.2) is 0 Å². The van der Waals surface area contributed by atoms with Crippen LogP contribution in [0, 0.1) is 13.8 Å². The molecule has 2 amide bonds. The molecule has 1 aliphatic rings. The number of hydrogen-bond acceptors (Lipinski definition) is 4. The van der Waals surface area contributed by atoms with Crippen LogP contribution in [-0.4, -0.2) is 53.7 Å². The molecule has 4 rings (SSSR count). The average Bonchev–Trinajstić information content (AvgIpc) is 3.26. The van der Waals surface area contributed by atoms with Gasteiger partial charge in [0.2, 0.25) is 5.91 Å². The monoisotopic (exact) mass is 476 g/mol. The lowest BCUT2D eigenvalue weighted by Crippen LogP contribution is -2.31. The van der Waals surface area contributed by atoms with Crippen molar-refractivity contribution in [2.75, 3.05) is 32.2 Å². The predicted octanol–water partition coefficient (Wildman–Crippen LogP) is 3.63. The number of nitrogens with one attached hydrogen (secondary N) is 1. The summed E-state index contributed by atoms with van der Waals surface area (Å²) in [6, 6.07) is 13.7. The van der Waals surface area contributed by atoms with Gasteiger partial charge in [0.15, 0.2) is 5.11 Å². The lowest BCUT2D eigenvalue weighted by molar-refractivity contribution is -0.121. The summed E-state index contributed by atoms with van der Waals surface area (Å²) >= 11 is 5.62. The highest BCUT2D eigenvalue weighted by molar-refractivity contribution is 7.80. The fourth-order valence-electron chi connectivity index (χ4n) is 4.02. The Hall–Kier alpha value is -3.49. The summed E-state index contributed by atoms with van der Waals surface area (Å²) < 4.78 is 6.88. The van der Waals surface area contributed by atoms with Gasteiger partial charge in [0.25, 0.3) is 5.91 Å². The van der Waals surface area contributed by atoms with Crippen LogP contribution in [0.2, 0.25) is 0 Å². The van der Waals surface area contributed by atoms with Crippen molar-refractivity contribution < 1.29 is 14.3 Å². The van der Waals surface area contributed by atoms with Crippen molar-refractivity contribution in [3.8, 4) is 0 Å². The standard InChI is InChI=1S/C26H28N4O3S/c1-17-9-10-20(13-18(17)2)30-25(32)23(28(3)26(30)34)14-19-15-29(16-24(31)27-11-12-33-4)22-8-6-5-7-21(19)22/h5-10,13-15H,11-12,16H2,1-4H3,(H,27,31)/b23-14-. The number of benzene rings is 2. The van der Waals surface area contributed by atoms with Gasteiger partial charge in [-0.05, 0) is 61.5 Å². The van der Waals surface area contributed by atoms with E-state index in [1.165, 1.54) is 0 Å². The molecular formula is C26H28N4O3S. The first-order valence-corrected chi connectivity index (χ1v) is 11.5. The Morgan fingerprint density at radius 1 is 1.15 bits per heavy atom. The molecule has 2 aromatic carbocycles. The molecule has 34 heavy (non-hydrogen) atoms. The van der Waals surface area contributed by atoms with Gasteiger partial charge in [0.05, 0.1) is 12.3 Å². The molecule has 0 atom stereocenters. The van der Waals surface area contributed by atoms with Gasteiger partial charge in [0.1, 0.15) is 12.2 Å². The Morgan fingerprint density at radius 2 is 1.91 bits per heavy atom. The highest BCUT2D eigenvalue weighted by atomic mass is 32.1. The maximum atomic E-state index is 13.4. The van der Waals surface area contributed by atoms with E-state index in [1.807, 2.05) is 73.2 Å². The van der Waals surface area contributed by atoms with E-state index in [0.29, 0.717) is 24.0 Å². The maximum Gasteiger partial charge on any atom is 0.281 e. The molecule has 1 N–H and O–H groups in total. The van der Waals surface area contributed by atoms with Crippen LogP contribution in [0.4, 0.5) is 5.69 Å². The van der Waals surface area contributed by atoms with Gasteiger partial charge in [-0.2, -0.15) is 0 Å². The zero-order chi connectivity index (χ0) is 24.4. The second-order valence-corrected chi connectivity index (χ2v) is 8.72. The van der Waals surface area contributed by atoms with Gasteiger partial charge in [0, 0.05) is 43.4 Å². The molecule has 0 unspecified atom stereocenters. The number of carbonyl (C=O) groups is 2. The zero-order valence-electron chi connectivity index (χ0n) is 19.8. The molecule has 3 aromatic rings. The second kappa shape index (κ2) is 9.79. The van der Waals surface area contributed by atoms with E-state index < -0.39 is 0 Å². The molecular weight excluding hydrogens is 448 g/mol. The average molecular weight is 477 g/mol. The number of anilines is 1. The molecule has 1 aromatic heterocycles. The summed E-state index contributed by atoms with van der Waals surface area (Å²) in [6.07, 6.45) is 3.74. The molecule has 1 fully saturated rings. The Bertz CT molecular complexity index is 1310. The van der Waals surface area contributed by atoms with Crippen LogP contribution in [0.5, 0.6) is 0 Å². The number of likely N-dealkylation sites (N-methyl/N-ethyl adjacent to an activating group) is 1. The summed E-state index contributed by atoms with van der Waals surface area (Å²) in [6.45, 7) is 5.14. The first-order valence-electron chi connectivity index (χ1n) is 11.1. The Morgan fingerprint density at radius 3 is 2.65 bits per heavy atom. The number of methoxy groups -OCH3 is 1. The van der Waals surface area contributed by atoms with E-state index in [1.54, 1.807) is 24.0 Å². The van der Waals surface area contributed by atoms with E-state index in [-0.39, 0.29) is 18.4 Å². The number of rotatable bonds is 7. The number of hydrogen-bond donors (Lipinski definition) is 1. The molecule has 2 heterocycles.